The summed E-state index contributed by atoms with van der Waals surface area (Å²) in [6.07, 6.45) is 0.642. The van der Waals surface area contributed by atoms with Gasteiger partial charge < -0.3 is 14.0 Å². The van der Waals surface area contributed by atoms with Crippen LogP contribution in [0.4, 0.5) is 4.39 Å². The minimum Gasteiger partial charge on any atom is -0.466 e. The van der Waals surface area contributed by atoms with Crippen molar-refractivity contribution in [3.05, 3.63) is 29.6 Å². The van der Waals surface area contributed by atoms with Crippen LogP contribution >= 0.6 is 0 Å². The molecule has 0 spiro atoms. The molecule has 2 rings (SSSR count). The first-order chi connectivity index (χ1) is 10.6. The minimum atomic E-state index is -0.614. The number of carbonyl (C=O) groups is 1. The van der Waals surface area contributed by atoms with Crippen LogP contribution in [-0.4, -0.2) is 30.9 Å². The Morgan fingerprint density at radius 2 is 1.78 bits per heavy atom. The first-order valence-electron chi connectivity index (χ1n) is 7.95. The summed E-state index contributed by atoms with van der Waals surface area (Å²) >= 11 is 0. The molecule has 0 aromatic heterocycles. The summed E-state index contributed by atoms with van der Waals surface area (Å²) in [6, 6.07) is 4.66. The van der Waals surface area contributed by atoms with Gasteiger partial charge in [-0.25, -0.2) is 4.39 Å². The SMILES string of the molecule is CCOC(=O)CCc1cc(F)cc(B2OC(C)(C)C(C)(C)O2)c1. The molecule has 126 valence electrons. The average molecular weight is 322 g/mol. The lowest BCUT2D eigenvalue weighted by Gasteiger charge is -2.32. The first kappa shape index (κ1) is 18.0. The van der Waals surface area contributed by atoms with Gasteiger partial charge in [0.15, 0.2) is 0 Å². The molecule has 1 aromatic carbocycles. The van der Waals surface area contributed by atoms with Gasteiger partial charge in [-0.3, -0.25) is 4.79 Å². The number of ether oxygens (including phenoxy) is 1. The summed E-state index contributed by atoms with van der Waals surface area (Å²) in [6.45, 7) is 9.92. The van der Waals surface area contributed by atoms with Crippen molar-refractivity contribution >= 4 is 18.6 Å². The molecule has 0 atom stereocenters. The molecule has 0 amide bonds. The van der Waals surface area contributed by atoms with Gasteiger partial charge in [0.25, 0.3) is 0 Å². The number of halogens is 1. The molecule has 0 aliphatic carbocycles. The molecule has 0 unspecified atom stereocenters. The molecule has 1 aromatic rings. The molecule has 0 bridgehead atoms. The summed E-state index contributed by atoms with van der Waals surface area (Å²) in [4.78, 5) is 11.4. The van der Waals surface area contributed by atoms with Crippen molar-refractivity contribution in [1.29, 1.82) is 0 Å². The topological polar surface area (TPSA) is 44.8 Å². The summed E-state index contributed by atoms with van der Waals surface area (Å²) < 4.78 is 30.7. The molecule has 4 nitrogen and oxygen atoms in total. The molecule has 0 saturated carbocycles. The summed E-state index contributed by atoms with van der Waals surface area (Å²) in [5.41, 5.74) is 0.398. The molecule has 1 aliphatic heterocycles. The lowest BCUT2D eigenvalue weighted by molar-refractivity contribution is -0.143. The highest BCUT2D eigenvalue weighted by Gasteiger charge is 2.51. The predicted octanol–water partition coefficient (Wildman–Crippen LogP) is 2.62. The van der Waals surface area contributed by atoms with Gasteiger partial charge in [-0.2, -0.15) is 0 Å². The van der Waals surface area contributed by atoms with Crippen molar-refractivity contribution in [1.82, 2.24) is 0 Å². The van der Waals surface area contributed by atoms with Gasteiger partial charge in [0, 0.05) is 6.42 Å². The second-order valence-corrected chi connectivity index (χ2v) is 6.79. The highest BCUT2D eigenvalue weighted by atomic mass is 19.1. The van der Waals surface area contributed by atoms with Gasteiger partial charge in [-0.15, -0.1) is 0 Å². The molecular formula is C17H24BFO4. The lowest BCUT2D eigenvalue weighted by Crippen LogP contribution is -2.41. The van der Waals surface area contributed by atoms with Crippen molar-refractivity contribution in [3.8, 4) is 0 Å². The Morgan fingerprint density at radius 3 is 2.35 bits per heavy atom. The van der Waals surface area contributed by atoms with Gasteiger partial charge in [0.2, 0.25) is 0 Å². The third-order valence-corrected chi connectivity index (χ3v) is 4.43. The van der Waals surface area contributed by atoms with Crippen molar-refractivity contribution < 1.29 is 23.2 Å². The maximum Gasteiger partial charge on any atom is 0.494 e. The number of hydrogen-bond donors (Lipinski definition) is 0. The van der Waals surface area contributed by atoms with Crippen LogP contribution in [0.1, 0.15) is 46.6 Å². The number of esters is 1. The average Bonchev–Trinajstić information content (AvgIpc) is 2.65. The number of rotatable bonds is 5. The van der Waals surface area contributed by atoms with E-state index in [0.29, 0.717) is 18.5 Å². The molecule has 1 saturated heterocycles. The summed E-state index contributed by atoms with van der Waals surface area (Å²) in [5, 5.41) is 0. The van der Waals surface area contributed by atoms with E-state index in [2.05, 4.69) is 0 Å². The molecule has 6 heteroatoms. The fraction of sp³-hybridized carbons (Fsp3) is 0.588. The monoisotopic (exact) mass is 322 g/mol. The van der Waals surface area contributed by atoms with Crippen LogP contribution in [0.3, 0.4) is 0 Å². The molecule has 0 radical (unpaired) electrons. The molecular weight excluding hydrogens is 298 g/mol. The van der Waals surface area contributed by atoms with Gasteiger partial charge in [0.05, 0.1) is 17.8 Å². The van der Waals surface area contributed by atoms with E-state index in [0.717, 1.165) is 5.56 Å². The van der Waals surface area contributed by atoms with Crippen LogP contribution in [0.15, 0.2) is 18.2 Å². The van der Waals surface area contributed by atoms with Crippen LogP contribution in [0.25, 0.3) is 0 Å². The molecule has 1 aliphatic rings. The Labute approximate surface area is 137 Å². The quantitative estimate of drug-likeness (QED) is 0.617. The van der Waals surface area contributed by atoms with Crippen LogP contribution in [-0.2, 0) is 25.3 Å². The van der Waals surface area contributed by atoms with Crippen molar-refractivity contribution in [2.75, 3.05) is 6.61 Å². The van der Waals surface area contributed by atoms with Crippen LogP contribution in [0.2, 0.25) is 0 Å². The van der Waals surface area contributed by atoms with Crippen LogP contribution in [0, 0.1) is 5.82 Å². The van der Waals surface area contributed by atoms with E-state index < -0.39 is 18.3 Å². The van der Waals surface area contributed by atoms with E-state index >= 15 is 0 Å². The standard InChI is InChI=1S/C17H24BFO4/c1-6-21-15(20)8-7-12-9-13(11-14(19)10-12)18-22-16(2,3)17(4,5)23-18/h9-11H,6-8H2,1-5H3. The second-order valence-electron chi connectivity index (χ2n) is 6.79. The highest BCUT2D eigenvalue weighted by Crippen LogP contribution is 2.36. The summed E-state index contributed by atoms with van der Waals surface area (Å²) in [7, 11) is -0.614. The Hall–Kier alpha value is -1.40. The summed E-state index contributed by atoms with van der Waals surface area (Å²) in [5.74, 6) is -0.648. The molecule has 23 heavy (non-hydrogen) atoms. The lowest BCUT2D eigenvalue weighted by atomic mass is 9.78. The second kappa shape index (κ2) is 6.61. The van der Waals surface area contributed by atoms with Gasteiger partial charge in [0.1, 0.15) is 5.82 Å². The maximum atomic E-state index is 13.9. The van der Waals surface area contributed by atoms with E-state index in [1.807, 2.05) is 33.8 Å². The van der Waals surface area contributed by atoms with Gasteiger partial charge in [-0.05, 0) is 64.2 Å². The van der Waals surface area contributed by atoms with Crippen molar-refractivity contribution in [2.24, 2.45) is 0 Å². The smallest absolute Gasteiger partial charge is 0.466 e. The maximum absolute atomic E-state index is 13.9. The third kappa shape index (κ3) is 4.12. The molecule has 1 fully saturated rings. The molecule has 0 N–H and O–H groups in total. The largest absolute Gasteiger partial charge is 0.494 e. The van der Waals surface area contributed by atoms with Crippen molar-refractivity contribution in [3.63, 3.8) is 0 Å². The van der Waals surface area contributed by atoms with E-state index in [9.17, 15) is 9.18 Å². The van der Waals surface area contributed by atoms with E-state index in [-0.39, 0.29) is 18.2 Å². The fourth-order valence-corrected chi connectivity index (χ4v) is 2.41. The van der Waals surface area contributed by atoms with Gasteiger partial charge in [-0.1, -0.05) is 6.07 Å². The Bertz CT molecular complexity index is 570. The number of carbonyl (C=O) groups excluding carboxylic acids is 1. The van der Waals surface area contributed by atoms with Crippen molar-refractivity contribution in [2.45, 2.75) is 58.7 Å². The highest BCUT2D eigenvalue weighted by molar-refractivity contribution is 6.62. The molecule has 1 heterocycles. The Kier molecular flexibility index (Phi) is 5.16. The Morgan fingerprint density at radius 1 is 1.17 bits per heavy atom. The number of benzene rings is 1. The normalized spacial score (nSPS) is 19.0. The van der Waals surface area contributed by atoms with Gasteiger partial charge >= 0.3 is 13.1 Å². The minimum absolute atomic E-state index is 0.222. The fourth-order valence-electron chi connectivity index (χ4n) is 2.41. The predicted molar refractivity (Wildman–Crippen MR) is 87.1 cm³/mol. The van der Waals surface area contributed by atoms with Crippen LogP contribution in [0.5, 0.6) is 0 Å². The zero-order chi connectivity index (χ0) is 17.3. The van der Waals surface area contributed by atoms with E-state index in [1.54, 1.807) is 6.92 Å². The third-order valence-electron chi connectivity index (χ3n) is 4.43. The Balaban J connectivity index is 2.14. The van der Waals surface area contributed by atoms with Crippen LogP contribution < -0.4 is 5.46 Å². The van der Waals surface area contributed by atoms with E-state index in [4.69, 9.17) is 14.0 Å². The number of hydrogen-bond acceptors (Lipinski definition) is 4. The zero-order valence-corrected chi connectivity index (χ0v) is 14.4. The van der Waals surface area contributed by atoms with E-state index in [1.165, 1.54) is 12.1 Å². The zero-order valence-electron chi connectivity index (χ0n) is 14.4. The first-order valence-corrected chi connectivity index (χ1v) is 7.95. The number of aryl methyl sites for hydroxylation is 1.